The van der Waals surface area contributed by atoms with Gasteiger partial charge in [-0.15, -0.1) is 0 Å². The molecule has 3 rings (SSSR count). The summed E-state index contributed by atoms with van der Waals surface area (Å²) < 4.78 is 10.5. The van der Waals surface area contributed by atoms with Crippen molar-refractivity contribution in [1.82, 2.24) is 5.32 Å². The Morgan fingerprint density at radius 2 is 1.69 bits per heavy atom. The molecular formula is C19H16ClNO5. The minimum absolute atomic E-state index is 0.0236. The number of hydrogen-bond donors (Lipinski definition) is 2. The number of ether oxygens (including phenoxy) is 2. The number of ketones is 1. The van der Waals surface area contributed by atoms with Gasteiger partial charge in [-0.1, -0.05) is 17.7 Å². The topological polar surface area (TPSA) is 84.9 Å². The maximum absolute atomic E-state index is 12.3. The maximum atomic E-state index is 12.3. The maximum Gasteiger partial charge on any atom is 0.293 e. The number of aliphatic hydroxyl groups is 1. The average molecular weight is 374 g/mol. The lowest BCUT2D eigenvalue weighted by molar-refractivity contribution is -0.133. The normalized spacial score (nSPS) is 18.5. The lowest BCUT2D eigenvalue weighted by atomic mass is 9.95. The van der Waals surface area contributed by atoms with Gasteiger partial charge in [0, 0.05) is 10.6 Å². The van der Waals surface area contributed by atoms with Gasteiger partial charge < -0.3 is 19.9 Å². The van der Waals surface area contributed by atoms with Gasteiger partial charge in [-0.3, -0.25) is 9.59 Å². The van der Waals surface area contributed by atoms with Gasteiger partial charge in [0.05, 0.1) is 25.8 Å². The second kappa shape index (κ2) is 7.09. The van der Waals surface area contributed by atoms with Crippen LogP contribution in [0.5, 0.6) is 11.5 Å². The van der Waals surface area contributed by atoms with Gasteiger partial charge in [0.2, 0.25) is 0 Å². The molecule has 6 nitrogen and oxygen atoms in total. The second-order valence-corrected chi connectivity index (χ2v) is 6.06. The first-order chi connectivity index (χ1) is 12.5. The molecule has 1 heterocycles. The third-order valence-electron chi connectivity index (χ3n) is 4.13. The molecular weight excluding hydrogens is 358 g/mol. The monoisotopic (exact) mass is 373 g/mol. The van der Waals surface area contributed by atoms with Crippen molar-refractivity contribution in [1.29, 1.82) is 0 Å². The summed E-state index contributed by atoms with van der Waals surface area (Å²) in [6, 6.07) is 10.5. The fourth-order valence-corrected chi connectivity index (χ4v) is 2.94. The van der Waals surface area contributed by atoms with Crippen molar-refractivity contribution in [2.24, 2.45) is 0 Å². The van der Waals surface area contributed by atoms with E-state index in [9.17, 15) is 14.7 Å². The molecule has 1 aliphatic heterocycles. The molecule has 1 aliphatic rings. The standard InChI is InChI=1S/C19H16ClNO5/c1-25-13-8-5-11(9-14(13)26-2)16-15(18(23)19(24)21-16)17(22)10-3-6-12(20)7-4-10/h3-9,16,22H,1-2H3,(H,21,24)/b17-15+. The molecule has 0 spiro atoms. The molecule has 134 valence electrons. The van der Waals surface area contributed by atoms with Gasteiger partial charge in [0.15, 0.2) is 11.5 Å². The molecule has 1 fully saturated rings. The number of Topliss-reactive ketones (excluding diaryl/α,β-unsaturated/α-hetero) is 1. The van der Waals surface area contributed by atoms with Crippen LogP contribution in [-0.4, -0.2) is 31.0 Å². The number of carbonyl (C=O) groups is 2. The van der Waals surface area contributed by atoms with Crippen molar-refractivity contribution in [2.75, 3.05) is 14.2 Å². The number of amides is 1. The summed E-state index contributed by atoms with van der Waals surface area (Å²) in [7, 11) is 3.00. The first kappa shape index (κ1) is 17.8. The van der Waals surface area contributed by atoms with E-state index >= 15 is 0 Å². The molecule has 1 saturated heterocycles. The van der Waals surface area contributed by atoms with Gasteiger partial charge in [-0.25, -0.2) is 0 Å². The van der Waals surface area contributed by atoms with E-state index in [1.807, 2.05) is 0 Å². The molecule has 1 atom stereocenters. The molecule has 1 amide bonds. The largest absolute Gasteiger partial charge is 0.507 e. The molecule has 2 aromatic rings. The van der Waals surface area contributed by atoms with Crippen LogP contribution in [0, 0.1) is 0 Å². The zero-order chi connectivity index (χ0) is 18.8. The fraction of sp³-hybridized carbons (Fsp3) is 0.158. The molecule has 0 aliphatic carbocycles. The smallest absolute Gasteiger partial charge is 0.293 e. The second-order valence-electron chi connectivity index (χ2n) is 5.62. The molecule has 0 radical (unpaired) electrons. The number of rotatable bonds is 4. The van der Waals surface area contributed by atoms with E-state index in [1.54, 1.807) is 42.5 Å². The summed E-state index contributed by atoms with van der Waals surface area (Å²) >= 11 is 5.86. The SMILES string of the molecule is COc1ccc(C2NC(=O)C(=O)/C2=C(/O)c2ccc(Cl)cc2)cc1OC. The summed E-state index contributed by atoms with van der Waals surface area (Å²) in [5.41, 5.74) is 0.946. The molecule has 1 unspecified atom stereocenters. The van der Waals surface area contributed by atoms with E-state index in [0.717, 1.165) is 0 Å². The molecule has 0 bridgehead atoms. The summed E-state index contributed by atoms with van der Waals surface area (Å²) in [5, 5.41) is 13.7. The quantitative estimate of drug-likeness (QED) is 0.489. The van der Waals surface area contributed by atoms with Gasteiger partial charge in [-0.2, -0.15) is 0 Å². The number of benzene rings is 2. The van der Waals surface area contributed by atoms with E-state index in [0.29, 0.717) is 27.6 Å². The van der Waals surface area contributed by atoms with Gasteiger partial charge in [0.1, 0.15) is 5.76 Å². The van der Waals surface area contributed by atoms with Crippen LogP contribution >= 0.6 is 11.6 Å². The van der Waals surface area contributed by atoms with Gasteiger partial charge in [0.25, 0.3) is 11.7 Å². The van der Waals surface area contributed by atoms with Crippen LogP contribution in [0.4, 0.5) is 0 Å². The number of nitrogens with one attached hydrogen (secondary N) is 1. The van der Waals surface area contributed by atoms with Crippen LogP contribution in [0.25, 0.3) is 5.76 Å². The first-order valence-electron chi connectivity index (χ1n) is 7.72. The van der Waals surface area contributed by atoms with Gasteiger partial charge in [-0.05, 0) is 42.0 Å². The van der Waals surface area contributed by atoms with Crippen LogP contribution in [0.3, 0.4) is 0 Å². The summed E-state index contributed by atoms with van der Waals surface area (Å²) in [6.45, 7) is 0. The third kappa shape index (κ3) is 3.11. The van der Waals surface area contributed by atoms with Crippen LogP contribution in [0.2, 0.25) is 5.02 Å². The number of halogens is 1. The lowest BCUT2D eigenvalue weighted by Crippen LogP contribution is -2.21. The van der Waals surface area contributed by atoms with Gasteiger partial charge >= 0.3 is 0 Å². The van der Waals surface area contributed by atoms with Crippen molar-refractivity contribution in [3.63, 3.8) is 0 Å². The Labute approximate surface area is 155 Å². The molecule has 26 heavy (non-hydrogen) atoms. The van der Waals surface area contributed by atoms with E-state index in [1.165, 1.54) is 14.2 Å². The summed E-state index contributed by atoms with van der Waals surface area (Å²) in [6.07, 6.45) is 0. The molecule has 7 heteroatoms. The molecule has 0 aromatic heterocycles. The average Bonchev–Trinajstić information content (AvgIpc) is 2.96. The van der Waals surface area contributed by atoms with Crippen molar-refractivity contribution in [3.8, 4) is 11.5 Å². The van der Waals surface area contributed by atoms with E-state index < -0.39 is 17.7 Å². The Kier molecular flexibility index (Phi) is 4.86. The van der Waals surface area contributed by atoms with Crippen LogP contribution in [-0.2, 0) is 9.59 Å². The highest BCUT2D eigenvalue weighted by atomic mass is 35.5. The van der Waals surface area contributed by atoms with Crippen LogP contribution in [0.1, 0.15) is 17.2 Å². The minimum atomic E-state index is -0.800. The summed E-state index contributed by atoms with van der Waals surface area (Å²) in [5.74, 6) is -0.870. The van der Waals surface area contributed by atoms with Crippen LogP contribution in [0.15, 0.2) is 48.0 Å². The Hall–Kier alpha value is -2.99. The number of aliphatic hydroxyl groups excluding tert-OH is 1. The van der Waals surface area contributed by atoms with E-state index in [-0.39, 0.29) is 11.3 Å². The zero-order valence-corrected chi connectivity index (χ0v) is 14.8. The minimum Gasteiger partial charge on any atom is -0.507 e. The zero-order valence-electron chi connectivity index (χ0n) is 14.1. The predicted octanol–water partition coefficient (Wildman–Crippen LogP) is 3.07. The van der Waals surface area contributed by atoms with E-state index in [2.05, 4.69) is 5.32 Å². The Bertz CT molecular complexity index is 905. The van der Waals surface area contributed by atoms with Crippen molar-refractivity contribution in [3.05, 3.63) is 64.2 Å². The molecule has 2 aromatic carbocycles. The summed E-state index contributed by atoms with van der Waals surface area (Å²) in [4.78, 5) is 24.3. The van der Waals surface area contributed by atoms with E-state index in [4.69, 9.17) is 21.1 Å². The fourth-order valence-electron chi connectivity index (χ4n) is 2.81. The highest BCUT2D eigenvalue weighted by Gasteiger charge is 2.39. The molecule has 0 saturated carbocycles. The van der Waals surface area contributed by atoms with Crippen molar-refractivity contribution < 1.29 is 24.2 Å². The Morgan fingerprint density at radius 3 is 2.31 bits per heavy atom. The lowest BCUT2D eigenvalue weighted by Gasteiger charge is -2.16. The first-order valence-corrected chi connectivity index (χ1v) is 8.10. The number of hydrogen-bond acceptors (Lipinski definition) is 5. The van der Waals surface area contributed by atoms with Crippen molar-refractivity contribution in [2.45, 2.75) is 6.04 Å². The third-order valence-corrected chi connectivity index (χ3v) is 4.38. The predicted molar refractivity (Wildman–Crippen MR) is 96.4 cm³/mol. The molecule has 2 N–H and O–H groups in total. The number of carbonyl (C=O) groups excluding carboxylic acids is 2. The number of methoxy groups -OCH3 is 2. The Morgan fingerprint density at radius 1 is 1.04 bits per heavy atom. The van der Waals surface area contributed by atoms with Crippen molar-refractivity contribution >= 4 is 29.1 Å². The highest BCUT2D eigenvalue weighted by molar-refractivity contribution is 6.46. The highest BCUT2D eigenvalue weighted by Crippen LogP contribution is 2.37. The Balaban J connectivity index is 2.11. The van der Waals surface area contributed by atoms with Crippen LogP contribution < -0.4 is 14.8 Å².